The van der Waals surface area contributed by atoms with Crippen LogP contribution in [0.1, 0.15) is 26.3 Å². The highest BCUT2D eigenvalue weighted by atomic mass is 15.1. The van der Waals surface area contributed by atoms with Crippen LogP contribution in [-0.2, 0) is 5.41 Å². The lowest BCUT2D eigenvalue weighted by atomic mass is 9.86. The van der Waals surface area contributed by atoms with Gasteiger partial charge in [-0.1, -0.05) is 57.2 Å². The zero-order valence-electron chi connectivity index (χ0n) is 16.3. The third-order valence-corrected chi connectivity index (χ3v) is 4.69. The third kappa shape index (κ3) is 3.67. The number of hydrogen-bond acceptors (Lipinski definition) is 4. The number of rotatable bonds is 3. The zero-order chi connectivity index (χ0) is 19.6. The molecule has 3 heterocycles. The van der Waals surface area contributed by atoms with Gasteiger partial charge in [0, 0.05) is 18.0 Å². The molecule has 0 aliphatic carbocycles. The van der Waals surface area contributed by atoms with E-state index in [1.54, 1.807) is 12.4 Å². The van der Waals surface area contributed by atoms with Crippen molar-refractivity contribution in [2.24, 2.45) is 0 Å². The van der Waals surface area contributed by atoms with Crippen molar-refractivity contribution in [3.8, 4) is 33.9 Å². The van der Waals surface area contributed by atoms with E-state index in [0.29, 0.717) is 0 Å². The summed E-state index contributed by atoms with van der Waals surface area (Å²) in [5.41, 5.74) is 6.60. The number of benzene rings is 1. The number of hydrogen-bond donors (Lipinski definition) is 0. The Bertz CT molecular complexity index is 1070. The fraction of sp³-hybridized carbons (Fsp3) is 0.167. The summed E-state index contributed by atoms with van der Waals surface area (Å²) in [6.45, 7) is 6.65. The fourth-order valence-electron chi connectivity index (χ4n) is 3.09. The first-order valence-corrected chi connectivity index (χ1v) is 9.34. The van der Waals surface area contributed by atoms with E-state index in [2.05, 4.69) is 65.2 Å². The summed E-state index contributed by atoms with van der Waals surface area (Å²) in [6, 6.07) is 22.3. The standard InChI is InChI=1S/C24H22N4/c1-24(2,3)18-12-10-17(11-13-18)19-16-22(20-8-4-6-14-25-20)27-28-23(19)21-9-5-7-15-26-21/h4-16H,1-3H3. The van der Waals surface area contributed by atoms with Gasteiger partial charge in [-0.3, -0.25) is 9.97 Å². The normalized spacial score (nSPS) is 11.4. The molecule has 4 nitrogen and oxygen atoms in total. The van der Waals surface area contributed by atoms with Crippen molar-refractivity contribution in [3.63, 3.8) is 0 Å². The molecule has 4 heteroatoms. The van der Waals surface area contributed by atoms with E-state index in [9.17, 15) is 0 Å². The summed E-state index contributed by atoms with van der Waals surface area (Å²) in [5, 5.41) is 8.94. The van der Waals surface area contributed by atoms with E-state index < -0.39 is 0 Å². The van der Waals surface area contributed by atoms with Crippen LogP contribution in [0.3, 0.4) is 0 Å². The van der Waals surface area contributed by atoms with Crippen molar-refractivity contribution in [2.75, 3.05) is 0 Å². The van der Waals surface area contributed by atoms with Crippen LogP contribution in [0.5, 0.6) is 0 Å². The fourth-order valence-corrected chi connectivity index (χ4v) is 3.09. The molecular weight excluding hydrogens is 344 g/mol. The van der Waals surface area contributed by atoms with Crippen LogP contribution < -0.4 is 0 Å². The van der Waals surface area contributed by atoms with Gasteiger partial charge in [0.05, 0.1) is 11.4 Å². The SMILES string of the molecule is CC(C)(C)c1ccc(-c2cc(-c3ccccn3)nnc2-c2ccccn2)cc1. The van der Waals surface area contributed by atoms with Crippen LogP contribution in [0.15, 0.2) is 79.1 Å². The minimum absolute atomic E-state index is 0.109. The molecule has 3 aromatic heterocycles. The first kappa shape index (κ1) is 18.0. The molecule has 4 aromatic rings. The van der Waals surface area contributed by atoms with Crippen molar-refractivity contribution in [1.29, 1.82) is 0 Å². The minimum atomic E-state index is 0.109. The van der Waals surface area contributed by atoms with E-state index in [1.807, 2.05) is 42.5 Å². The molecule has 0 saturated carbocycles. The number of aromatic nitrogens is 4. The highest BCUT2D eigenvalue weighted by Crippen LogP contribution is 2.33. The molecule has 138 valence electrons. The molecule has 0 saturated heterocycles. The minimum Gasteiger partial charge on any atom is -0.255 e. The van der Waals surface area contributed by atoms with Crippen molar-refractivity contribution < 1.29 is 0 Å². The molecule has 0 amide bonds. The summed E-state index contributed by atoms with van der Waals surface area (Å²) in [6.07, 6.45) is 3.54. The Labute approximate surface area is 165 Å². The number of nitrogens with zero attached hydrogens (tertiary/aromatic N) is 4. The summed E-state index contributed by atoms with van der Waals surface area (Å²) in [5.74, 6) is 0. The largest absolute Gasteiger partial charge is 0.255 e. The second-order valence-electron chi connectivity index (χ2n) is 7.75. The Morgan fingerprint density at radius 3 is 1.86 bits per heavy atom. The van der Waals surface area contributed by atoms with Crippen molar-refractivity contribution in [2.45, 2.75) is 26.2 Å². The summed E-state index contributed by atoms with van der Waals surface area (Å²) in [4.78, 5) is 8.89. The smallest absolute Gasteiger partial charge is 0.119 e. The molecule has 0 atom stereocenters. The predicted molar refractivity (Wildman–Crippen MR) is 113 cm³/mol. The Hall–Kier alpha value is -3.40. The molecule has 4 rings (SSSR count). The third-order valence-electron chi connectivity index (χ3n) is 4.69. The van der Waals surface area contributed by atoms with Gasteiger partial charge < -0.3 is 0 Å². The van der Waals surface area contributed by atoms with Gasteiger partial charge in [-0.25, -0.2) is 0 Å². The molecule has 0 radical (unpaired) electrons. The van der Waals surface area contributed by atoms with E-state index in [4.69, 9.17) is 0 Å². The van der Waals surface area contributed by atoms with Gasteiger partial charge in [0.2, 0.25) is 0 Å². The van der Waals surface area contributed by atoms with E-state index in [1.165, 1.54) is 5.56 Å². The molecule has 0 aliphatic rings. The molecule has 28 heavy (non-hydrogen) atoms. The Kier molecular flexibility index (Phi) is 4.70. The maximum atomic E-state index is 4.52. The molecule has 0 bridgehead atoms. The topological polar surface area (TPSA) is 51.6 Å². The highest BCUT2D eigenvalue weighted by Gasteiger charge is 2.16. The maximum Gasteiger partial charge on any atom is 0.119 e. The van der Waals surface area contributed by atoms with Crippen LogP contribution in [0.4, 0.5) is 0 Å². The van der Waals surface area contributed by atoms with Gasteiger partial charge in [-0.15, -0.1) is 10.2 Å². The van der Waals surface area contributed by atoms with Gasteiger partial charge in [-0.2, -0.15) is 0 Å². The average molecular weight is 366 g/mol. The Morgan fingerprint density at radius 1 is 0.643 bits per heavy atom. The van der Waals surface area contributed by atoms with Crippen LogP contribution in [0, 0.1) is 0 Å². The summed E-state index contributed by atoms with van der Waals surface area (Å²) in [7, 11) is 0. The van der Waals surface area contributed by atoms with Crippen LogP contribution >= 0.6 is 0 Å². The van der Waals surface area contributed by atoms with Gasteiger partial charge in [0.25, 0.3) is 0 Å². The lowest BCUT2D eigenvalue weighted by Crippen LogP contribution is -2.10. The first-order chi connectivity index (χ1) is 13.5. The number of pyridine rings is 2. The average Bonchev–Trinajstić information content (AvgIpc) is 2.74. The molecule has 0 N–H and O–H groups in total. The van der Waals surface area contributed by atoms with Gasteiger partial charge >= 0.3 is 0 Å². The zero-order valence-corrected chi connectivity index (χ0v) is 16.3. The van der Waals surface area contributed by atoms with Crippen molar-refractivity contribution in [1.82, 2.24) is 20.2 Å². The Morgan fingerprint density at radius 2 is 1.29 bits per heavy atom. The molecule has 1 aromatic carbocycles. The molecule has 0 spiro atoms. The van der Waals surface area contributed by atoms with E-state index in [-0.39, 0.29) is 5.41 Å². The second kappa shape index (κ2) is 7.31. The quantitative estimate of drug-likeness (QED) is 0.476. The highest BCUT2D eigenvalue weighted by molar-refractivity contribution is 5.81. The van der Waals surface area contributed by atoms with Gasteiger partial charge in [-0.05, 0) is 46.9 Å². The van der Waals surface area contributed by atoms with Crippen molar-refractivity contribution in [3.05, 3.63) is 84.7 Å². The lowest BCUT2D eigenvalue weighted by Gasteiger charge is -2.19. The molecule has 0 aliphatic heterocycles. The second-order valence-corrected chi connectivity index (χ2v) is 7.75. The monoisotopic (exact) mass is 366 g/mol. The van der Waals surface area contributed by atoms with Gasteiger partial charge in [0.1, 0.15) is 11.4 Å². The van der Waals surface area contributed by atoms with E-state index in [0.717, 1.165) is 33.9 Å². The van der Waals surface area contributed by atoms with E-state index >= 15 is 0 Å². The molecule has 0 unspecified atom stereocenters. The predicted octanol–water partition coefficient (Wildman–Crippen LogP) is 5.57. The first-order valence-electron chi connectivity index (χ1n) is 9.34. The van der Waals surface area contributed by atoms with Crippen LogP contribution in [0.2, 0.25) is 0 Å². The summed E-state index contributed by atoms with van der Waals surface area (Å²) < 4.78 is 0. The van der Waals surface area contributed by atoms with Gasteiger partial charge in [0.15, 0.2) is 0 Å². The lowest BCUT2D eigenvalue weighted by molar-refractivity contribution is 0.590. The maximum absolute atomic E-state index is 4.52. The van der Waals surface area contributed by atoms with Crippen molar-refractivity contribution >= 4 is 0 Å². The molecule has 0 fully saturated rings. The molecular formula is C24H22N4. The Balaban J connectivity index is 1.87. The van der Waals surface area contributed by atoms with Crippen LogP contribution in [-0.4, -0.2) is 20.2 Å². The summed E-state index contributed by atoms with van der Waals surface area (Å²) >= 11 is 0. The van der Waals surface area contributed by atoms with Crippen LogP contribution in [0.25, 0.3) is 33.9 Å².